The van der Waals surface area contributed by atoms with Gasteiger partial charge in [-0.25, -0.2) is 12.7 Å². The molecule has 6 heteroatoms. The molecule has 0 radical (unpaired) electrons. The number of carbonyl (C=O) groups is 1. The van der Waals surface area contributed by atoms with Crippen molar-refractivity contribution in [2.24, 2.45) is 0 Å². The molecule has 4 rings (SSSR count). The van der Waals surface area contributed by atoms with Crippen molar-refractivity contribution in [1.82, 2.24) is 4.31 Å². The van der Waals surface area contributed by atoms with Gasteiger partial charge in [0.2, 0.25) is 0 Å². The highest BCUT2D eigenvalue weighted by Gasteiger charge is 2.39. The number of benzene rings is 3. The van der Waals surface area contributed by atoms with Crippen molar-refractivity contribution in [2.45, 2.75) is 24.3 Å². The summed E-state index contributed by atoms with van der Waals surface area (Å²) in [5, 5.41) is 0. The van der Waals surface area contributed by atoms with E-state index in [1.807, 2.05) is 37.3 Å². The number of rotatable bonds is 4. The molecule has 3 aromatic rings. The van der Waals surface area contributed by atoms with Crippen LogP contribution in [-0.2, 0) is 16.4 Å². The van der Waals surface area contributed by atoms with Crippen LogP contribution in [-0.4, -0.2) is 31.3 Å². The molecule has 0 saturated heterocycles. The first-order valence-electron chi connectivity index (χ1n) is 9.38. The molecule has 0 fully saturated rings. The molecule has 148 valence electrons. The predicted octanol–water partition coefficient (Wildman–Crippen LogP) is 3.83. The molecule has 0 aromatic heterocycles. The average molecular weight is 407 g/mol. The van der Waals surface area contributed by atoms with Gasteiger partial charge in [0.15, 0.2) is 0 Å². The monoisotopic (exact) mass is 407 g/mol. The number of aryl methyl sites for hydroxylation is 1. The summed E-state index contributed by atoms with van der Waals surface area (Å²) < 4.78 is 33.9. The van der Waals surface area contributed by atoms with Gasteiger partial charge in [0.05, 0.1) is 16.5 Å². The maximum absolute atomic E-state index is 13.5. The molecule has 5 nitrogen and oxygen atoms in total. The Morgan fingerprint density at radius 3 is 2.31 bits per heavy atom. The van der Waals surface area contributed by atoms with E-state index in [4.69, 9.17) is 4.74 Å². The van der Waals surface area contributed by atoms with Crippen LogP contribution >= 0.6 is 0 Å². The molecule has 1 heterocycles. The maximum atomic E-state index is 13.5. The van der Waals surface area contributed by atoms with E-state index in [0.717, 1.165) is 15.4 Å². The zero-order valence-corrected chi connectivity index (χ0v) is 16.8. The number of para-hydroxylation sites is 1. The molecule has 0 aliphatic carbocycles. The summed E-state index contributed by atoms with van der Waals surface area (Å²) in [6, 6.07) is 22.1. The molecule has 0 bridgehead atoms. The van der Waals surface area contributed by atoms with Crippen LogP contribution in [0.1, 0.15) is 21.5 Å². The fourth-order valence-corrected chi connectivity index (χ4v) is 5.02. The molecule has 0 saturated carbocycles. The average Bonchev–Trinajstić information content (AvgIpc) is 2.86. The third-order valence-electron chi connectivity index (χ3n) is 4.97. The van der Waals surface area contributed by atoms with Crippen LogP contribution in [0.3, 0.4) is 0 Å². The molecule has 0 spiro atoms. The topological polar surface area (TPSA) is 63.7 Å². The van der Waals surface area contributed by atoms with E-state index >= 15 is 0 Å². The lowest BCUT2D eigenvalue weighted by Crippen LogP contribution is -2.47. The Kier molecular flexibility index (Phi) is 5.11. The lowest BCUT2D eigenvalue weighted by Gasteiger charge is -2.28. The molecule has 1 amide bonds. The Labute approximate surface area is 170 Å². The second-order valence-electron chi connectivity index (χ2n) is 7.07. The number of ether oxygens (including phenoxy) is 1. The van der Waals surface area contributed by atoms with Crippen LogP contribution < -0.4 is 4.74 Å². The van der Waals surface area contributed by atoms with Gasteiger partial charge in [-0.3, -0.25) is 4.79 Å². The summed E-state index contributed by atoms with van der Waals surface area (Å²) in [4.78, 5) is 13.5. The Bertz CT molecular complexity index is 1130. The van der Waals surface area contributed by atoms with Gasteiger partial charge in [0, 0.05) is 0 Å². The van der Waals surface area contributed by atoms with E-state index in [1.54, 1.807) is 36.4 Å². The van der Waals surface area contributed by atoms with Crippen molar-refractivity contribution in [3.8, 4) is 5.75 Å². The van der Waals surface area contributed by atoms with Crippen molar-refractivity contribution in [3.63, 3.8) is 0 Å². The first-order valence-corrected chi connectivity index (χ1v) is 10.8. The summed E-state index contributed by atoms with van der Waals surface area (Å²) >= 11 is 0. The molecular weight excluding hydrogens is 386 g/mol. The van der Waals surface area contributed by atoms with Gasteiger partial charge in [-0.2, -0.15) is 0 Å². The number of amides is 1. The molecule has 1 unspecified atom stereocenters. The highest BCUT2D eigenvalue weighted by atomic mass is 32.2. The second-order valence-corrected chi connectivity index (χ2v) is 8.88. The fourth-order valence-electron chi connectivity index (χ4n) is 3.46. The number of fused-ring (bicyclic) bond motifs is 1. The van der Waals surface area contributed by atoms with Gasteiger partial charge in [-0.05, 0) is 43.2 Å². The number of sulfonamides is 1. The minimum Gasteiger partial charge on any atom is -0.491 e. The van der Waals surface area contributed by atoms with Crippen LogP contribution in [0.25, 0.3) is 0 Å². The minimum absolute atomic E-state index is 0.0861. The first-order chi connectivity index (χ1) is 14.0. The summed E-state index contributed by atoms with van der Waals surface area (Å²) in [5.41, 5.74) is 2.13. The lowest BCUT2D eigenvalue weighted by atomic mass is 10.1. The zero-order valence-electron chi connectivity index (χ0n) is 16.0. The summed E-state index contributed by atoms with van der Waals surface area (Å²) in [6.07, 6.45) is 0.367. The zero-order chi connectivity index (χ0) is 20.4. The fraction of sp³-hybridized carbons (Fsp3) is 0.174. The molecule has 1 atom stereocenters. The molecule has 29 heavy (non-hydrogen) atoms. The smallest absolute Gasteiger partial charge is 0.271 e. The molecule has 0 N–H and O–H groups in total. The highest BCUT2D eigenvalue weighted by Crippen LogP contribution is 2.30. The standard InChI is InChI=1S/C23H21NO4S/c1-17-11-13-20(14-12-17)29(26,27)24-19(15-18-7-3-2-4-8-18)16-28-22-10-6-5-9-21(22)23(24)25/h2-14,19H,15-16H2,1H3. The van der Waals surface area contributed by atoms with Crippen LogP contribution in [0.15, 0.2) is 83.8 Å². The summed E-state index contributed by atoms with van der Waals surface area (Å²) in [7, 11) is -4.06. The van der Waals surface area contributed by atoms with Gasteiger partial charge in [-0.1, -0.05) is 60.2 Å². The minimum atomic E-state index is -4.06. The largest absolute Gasteiger partial charge is 0.491 e. The lowest BCUT2D eigenvalue weighted by molar-refractivity contribution is 0.0814. The van der Waals surface area contributed by atoms with Gasteiger partial charge in [0.25, 0.3) is 15.9 Å². The molecule has 1 aliphatic heterocycles. The Hall–Kier alpha value is -3.12. The Morgan fingerprint density at radius 1 is 0.931 bits per heavy atom. The van der Waals surface area contributed by atoms with Gasteiger partial charge in [-0.15, -0.1) is 0 Å². The van der Waals surface area contributed by atoms with E-state index in [9.17, 15) is 13.2 Å². The normalized spacial score (nSPS) is 16.7. The van der Waals surface area contributed by atoms with Crippen molar-refractivity contribution < 1.29 is 17.9 Å². The van der Waals surface area contributed by atoms with Crippen molar-refractivity contribution >= 4 is 15.9 Å². The number of hydrogen-bond acceptors (Lipinski definition) is 4. The van der Waals surface area contributed by atoms with E-state index in [2.05, 4.69) is 0 Å². The van der Waals surface area contributed by atoms with E-state index in [-0.39, 0.29) is 17.1 Å². The summed E-state index contributed by atoms with van der Waals surface area (Å²) in [6.45, 7) is 1.97. The SMILES string of the molecule is Cc1ccc(S(=O)(=O)N2C(=O)c3ccccc3OCC2Cc2ccccc2)cc1. The van der Waals surface area contributed by atoms with E-state index in [1.165, 1.54) is 12.1 Å². The maximum Gasteiger partial charge on any atom is 0.271 e. The van der Waals surface area contributed by atoms with Crippen molar-refractivity contribution in [2.75, 3.05) is 6.61 Å². The van der Waals surface area contributed by atoms with Gasteiger partial charge >= 0.3 is 0 Å². The third kappa shape index (κ3) is 3.76. The van der Waals surface area contributed by atoms with Crippen LogP contribution in [0.4, 0.5) is 0 Å². The van der Waals surface area contributed by atoms with E-state index < -0.39 is 22.0 Å². The second kappa shape index (κ2) is 7.72. The quantitative estimate of drug-likeness (QED) is 0.659. The van der Waals surface area contributed by atoms with Crippen LogP contribution in [0.2, 0.25) is 0 Å². The van der Waals surface area contributed by atoms with Crippen molar-refractivity contribution in [1.29, 1.82) is 0 Å². The number of carbonyl (C=O) groups excluding carboxylic acids is 1. The Balaban J connectivity index is 1.81. The first kappa shape index (κ1) is 19.2. The number of hydrogen-bond donors (Lipinski definition) is 0. The third-order valence-corrected chi connectivity index (χ3v) is 6.82. The van der Waals surface area contributed by atoms with Crippen molar-refractivity contribution in [3.05, 3.63) is 95.6 Å². The summed E-state index contributed by atoms with van der Waals surface area (Å²) in [5.74, 6) is -0.170. The van der Waals surface area contributed by atoms with Crippen LogP contribution in [0.5, 0.6) is 5.75 Å². The van der Waals surface area contributed by atoms with Gasteiger partial charge < -0.3 is 4.74 Å². The highest BCUT2D eigenvalue weighted by molar-refractivity contribution is 7.89. The molecule has 3 aromatic carbocycles. The van der Waals surface area contributed by atoms with E-state index in [0.29, 0.717) is 12.2 Å². The molecule has 1 aliphatic rings. The Morgan fingerprint density at radius 2 is 1.59 bits per heavy atom. The number of nitrogens with zero attached hydrogens (tertiary/aromatic N) is 1. The predicted molar refractivity (Wildman–Crippen MR) is 110 cm³/mol. The molecular formula is C23H21NO4S. The van der Waals surface area contributed by atoms with Crippen LogP contribution in [0, 0.1) is 6.92 Å². The van der Waals surface area contributed by atoms with Gasteiger partial charge in [0.1, 0.15) is 12.4 Å².